The average molecular weight is 336 g/mol. The van der Waals surface area contributed by atoms with Crippen LogP contribution in [0.3, 0.4) is 0 Å². The summed E-state index contributed by atoms with van der Waals surface area (Å²) in [5, 5.41) is 29.5. The first-order valence-corrected chi connectivity index (χ1v) is 6.61. The van der Waals surface area contributed by atoms with Gasteiger partial charge in [-0.2, -0.15) is 0 Å². The smallest absolute Gasteiger partial charge is 0.244 e. The third kappa shape index (κ3) is 2.31. The van der Waals surface area contributed by atoms with Crippen molar-refractivity contribution in [3.63, 3.8) is 0 Å². The van der Waals surface area contributed by atoms with Crippen molar-refractivity contribution < 1.29 is 20.1 Å². The SMILES string of the molecule is Nc1ncnc2c1ncn2[C@@H]1O[C@H](C(O)(Cl)Cl)[C@@H](O)[C@H]1O. The normalized spacial score (nSPS) is 30.1. The van der Waals surface area contributed by atoms with Crippen LogP contribution in [0.5, 0.6) is 0 Å². The molecule has 4 atom stereocenters. The fourth-order valence-corrected chi connectivity index (χ4v) is 2.59. The summed E-state index contributed by atoms with van der Waals surface area (Å²) in [6, 6.07) is 0. The molecule has 21 heavy (non-hydrogen) atoms. The number of ether oxygens (including phenoxy) is 1. The molecule has 0 aromatic carbocycles. The van der Waals surface area contributed by atoms with Crippen molar-refractivity contribution in [3.05, 3.63) is 12.7 Å². The van der Waals surface area contributed by atoms with Gasteiger partial charge in [-0.1, -0.05) is 23.2 Å². The molecule has 2 aromatic heterocycles. The minimum absolute atomic E-state index is 0.162. The number of imidazole rings is 1. The minimum atomic E-state index is -2.36. The Morgan fingerprint density at radius 2 is 1.95 bits per heavy atom. The third-order valence-electron chi connectivity index (χ3n) is 3.24. The highest BCUT2D eigenvalue weighted by atomic mass is 35.5. The van der Waals surface area contributed by atoms with E-state index in [1.165, 1.54) is 17.2 Å². The van der Waals surface area contributed by atoms with Crippen LogP contribution in [0, 0.1) is 0 Å². The Hall–Kier alpha value is -1.23. The van der Waals surface area contributed by atoms with E-state index in [0.29, 0.717) is 11.2 Å². The topological polar surface area (TPSA) is 140 Å². The molecule has 114 valence electrons. The predicted molar refractivity (Wildman–Crippen MR) is 72.3 cm³/mol. The van der Waals surface area contributed by atoms with Gasteiger partial charge in [0.25, 0.3) is 0 Å². The summed E-state index contributed by atoms with van der Waals surface area (Å²) in [5.41, 5.74) is 6.28. The van der Waals surface area contributed by atoms with Gasteiger partial charge in [0.1, 0.15) is 30.2 Å². The van der Waals surface area contributed by atoms with Gasteiger partial charge in [-0.15, -0.1) is 0 Å². The number of nitrogens with zero attached hydrogens (tertiary/aromatic N) is 4. The van der Waals surface area contributed by atoms with Crippen LogP contribution >= 0.6 is 23.2 Å². The van der Waals surface area contributed by atoms with E-state index in [2.05, 4.69) is 15.0 Å². The fraction of sp³-hybridized carbons (Fsp3) is 0.500. The van der Waals surface area contributed by atoms with Crippen molar-refractivity contribution in [1.82, 2.24) is 19.5 Å². The number of aliphatic hydroxyl groups excluding tert-OH is 2. The van der Waals surface area contributed by atoms with E-state index in [0.717, 1.165) is 0 Å². The average Bonchev–Trinajstić information content (AvgIpc) is 2.93. The van der Waals surface area contributed by atoms with Crippen LogP contribution < -0.4 is 5.73 Å². The van der Waals surface area contributed by atoms with Crippen LogP contribution in [0.15, 0.2) is 12.7 Å². The lowest BCUT2D eigenvalue weighted by molar-refractivity contribution is -0.0734. The third-order valence-corrected chi connectivity index (χ3v) is 3.67. The lowest BCUT2D eigenvalue weighted by atomic mass is 10.1. The van der Waals surface area contributed by atoms with Crippen LogP contribution in [0.25, 0.3) is 11.2 Å². The van der Waals surface area contributed by atoms with E-state index in [1.807, 2.05) is 0 Å². The second-order valence-corrected chi connectivity index (χ2v) is 5.95. The highest BCUT2D eigenvalue weighted by molar-refractivity contribution is 6.47. The molecule has 1 fully saturated rings. The number of hydrogen-bond acceptors (Lipinski definition) is 8. The van der Waals surface area contributed by atoms with Gasteiger partial charge < -0.3 is 25.8 Å². The van der Waals surface area contributed by atoms with Gasteiger partial charge in [0.2, 0.25) is 4.52 Å². The summed E-state index contributed by atoms with van der Waals surface area (Å²) in [5.74, 6) is 0.162. The summed E-state index contributed by atoms with van der Waals surface area (Å²) >= 11 is 11.0. The van der Waals surface area contributed by atoms with Crippen LogP contribution in [0.1, 0.15) is 6.23 Å². The van der Waals surface area contributed by atoms with Crippen LogP contribution in [-0.4, -0.2) is 57.7 Å². The van der Waals surface area contributed by atoms with E-state index in [1.54, 1.807) is 0 Å². The zero-order valence-corrected chi connectivity index (χ0v) is 11.8. The summed E-state index contributed by atoms with van der Waals surface area (Å²) in [7, 11) is 0. The number of fused-ring (bicyclic) bond motifs is 1. The summed E-state index contributed by atoms with van der Waals surface area (Å²) < 4.78 is 4.34. The van der Waals surface area contributed by atoms with Crippen molar-refractivity contribution in [2.45, 2.75) is 29.1 Å². The second kappa shape index (κ2) is 4.90. The molecular weight excluding hydrogens is 325 g/mol. The molecule has 5 N–H and O–H groups in total. The zero-order valence-electron chi connectivity index (χ0n) is 10.3. The summed E-state index contributed by atoms with van der Waals surface area (Å²) in [6.45, 7) is 0. The largest absolute Gasteiger partial charge is 0.387 e. The minimum Gasteiger partial charge on any atom is -0.387 e. The Balaban J connectivity index is 2.02. The monoisotopic (exact) mass is 335 g/mol. The molecule has 1 saturated heterocycles. The molecule has 3 heterocycles. The van der Waals surface area contributed by atoms with Crippen molar-refractivity contribution in [3.8, 4) is 0 Å². The van der Waals surface area contributed by atoms with E-state index < -0.39 is 29.1 Å². The van der Waals surface area contributed by atoms with Crippen molar-refractivity contribution >= 4 is 40.2 Å². The van der Waals surface area contributed by atoms with Gasteiger partial charge in [0, 0.05) is 0 Å². The number of anilines is 1. The molecule has 11 heteroatoms. The first-order valence-electron chi connectivity index (χ1n) is 5.85. The molecule has 0 unspecified atom stereocenters. The molecule has 1 aliphatic rings. The molecule has 0 radical (unpaired) electrons. The lowest BCUT2D eigenvalue weighted by Gasteiger charge is -2.22. The Kier molecular flexibility index (Phi) is 3.43. The van der Waals surface area contributed by atoms with Crippen LogP contribution in [0.2, 0.25) is 0 Å². The van der Waals surface area contributed by atoms with Gasteiger partial charge in [-0.3, -0.25) is 4.57 Å². The van der Waals surface area contributed by atoms with Gasteiger partial charge in [0.15, 0.2) is 17.7 Å². The maximum Gasteiger partial charge on any atom is 0.244 e. The molecule has 0 amide bonds. The van der Waals surface area contributed by atoms with E-state index in [-0.39, 0.29) is 5.82 Å². The molecule has 0 spiro atoms. The summed E-state index contributed by atoms with van der Waals surface area (Å²) in [6.07, 6.45) is -2.84. The number of aliphatic hydroxyl groups is 3. The van der Waals surface area contributed by atoms with Gasteiger partial charge in [0.05, 0.1) is 6.33 Å². The quantitative estimate of drug-likeness (QED) is 0.520. The molecule has 9 nitrogen and oxygen atoms in total. The Labute approximate surface area is 127 Å². The second-order valence-electron chi connectivity index (χ2n) is 4.60. The van der Waals surface area contributed by atoms with Crippen molar-refractivity contribution in [2.24, 2.45) is 0 Å². The number of alkyl halides is 2. The maximum atomic E-state index is 10.1. The lowest BCUT2D eigenvalue weighted by Crippen LogP contribution is -2.41. The molecule has 0 saturated carbocycles. The van der Waals surface area contributed by atoms with Crippen LogP contribution in [-0.2, 0) is 4.74 Å². The Morgan fingerprint density at radius 3 is 2.57 bits per heavy atom. The number of rotatable bonds is 2. The first-order chi connectivity index (χ1) is 9.80. The van der Waals surface area contributed by atoms with Crippen molar-refractivity contribution in [2.75, 3.05) is 5.73 Å². The van der Waals surface area contributed by atoms with Gasteiger partial charge in [-0.25, -0.2) is 15.0 Å². The highest BCUT2D eigenvalue weighted by Gasteiger charge is 2.52. The maximum absolute atomic E-state index is 10.1. The molecule has 0 aliphatic carbocycles. The highest BCUT2D eigenvalue weighted by Crippen LogP contribution is 2.39. The first kappa shape index (κ1) is 14.7. The predicted octanol–water partition coefficient (Wildman–Crippen LogP) is -0.849. The number of nitrogens with two attached hydrogens (primary N) is 1. The molecule has 0 bridgehead atoms. The van der Waals surface area contributed by atoms with E-state index >= 15 is 0 Å². The number of halogens is 2. The standard InChI is InChI=1S/C10H11Cl2N5O4/c11-10(12,20)6-4(18)5(19)9(21-6)17-2-16-3-7(13)14-1-15-8(3)17/h1-2,4-6,9,18-20H,(H2,13,14,15)/t4-,5+,6-,9+/m0/s1. The Bertz CT molecular complexity index is 675. The zero-order chi connectivity index (χ0) is 15.4. The number of nitrogen functional groups attached to an aromatic ring is 1. The molecule has 2 aromatic rings. The molecule has 3 rings (SSSR count). The van der Waals surface area contributed by atoms with E-state index in [4.69, 9.17) is 33.7 Å². The fourth-order valence-electron chi connectivity index (χ4n) is 2.23. The molecular formula is C10H11Cl2N5O4. The Morgan fingerprint density at radius 1 is 1.24 bits per heavy atom. The number of hydrogen-bond donors (Lipinski definition) is 4. The number of aromatic nitrogens is 4. The van der Waals surface area contributed by atoms with Gasteiger partial charge in [-0.05, 0) is 0 Å². The summed E-state index contributed by atoms with van der Waals surface area (Å²) in [4.78, 5) is 11.8. The van der Waals surface area contributed by atoms with Crippen molar-refractivity contribution in [1.29, 1.82) is 0 Å². The molecule has 1 aliphatic heterocycles. The van der Waals surface area contributed by atoms with E-state index in [9.17, 15) is 15.3 Å². The van der Waals surface area contributed by atoms with Crippen LogP contribution in [0.4, 0.5) is 5.82 Å². The van der Waals surface area contributed by atoms with Gasteiger partial charge >= 0.3 is 0 Å².